The zero-order valence-corrected chi connectivity index (χ0v) is 17.1. The molecule has 152 valence electrons. The number of carbonyl (C=O) groups excluding carboxylic acids is 1. The first-order valence-electron chi connectivity index (χ1n) is 8.89. The third-order valence-corrected chi connectivity index (χ3v) is 6.47. The van der Waals surface area contributed by atoms with Crippen LogP contribution < -0.4 is 16.4 Å². The molecule has 29 heavy (non-hydrogen) atoms. The molecular formula is C20H21N3O5S. The van der Waals surface area contributed by atoms with Gasteiger partial charge in [-0.2, -0.15) is 0 Å². The lowest BCUT2D eigenvalue weighted by Gasteiger charge is -2.11. The summed E-state index contributed by atoms with van der Waals surface area (Å²) in [6.45, 7) is 1.93. The summed E-state index contributed by atoms with van der Waals surface area (Å²) in [5.41, 5.74) is 0.972. The molecule has 0 radical (unpaired) electrons. The van der Waals surface area contributed by atoms with Crippen molar-refractivity contribution in [2.45, 2.75) is 18.2 Å². The van der Waals surface area contributed by atoms with E-state index in [9.17, 15) is 22.8 Å². The van der Waals surface area contributed by atoms with Gasteiger partial charge in [-0.25, -0.2) is 8.42 Å². The molecule has 9 heteroatoms. The average Bonchev–Trinajstić information content (AvgIpc) is 2.70. The Morgan fingerprint density at radius 1 is 0.931 bits per heavy atom. The highest BCUT2D eigenvalue weighted by molar-refractivity contribution is 7.91. The van der Waals surface area contributed by atoms with E-state index in [-0.39, 0.29) is 17.1 Å². The van der Waals surface area contributed by atoms with Crippen LogP contribution in [0.3, 0.4) is 0 Å². The van der Waals surface area contributed by atoms with Crippen molar-refractivity contribution in [2.24, 2.45) is 14.1 Å². The summed E-state index contributed by atoms with van der Waals surface area (Å²) >= 11 is 0. The summed E-state index contributed by atoms with van der Waals surface area (Å²) < 4.78 is 27.7. The molecule has 1 aromatic heterocycles. The van der Waals surface area contributed by atoms with E-state index in [1.807, 2.05) is 19.1 Å². The molecule has 1 amide bonds. The second kappa shape index (κ2) is 7.67. The third-order valence-electron chi connectivity index (χ3n) is 4.75. The van der Waals surface area contributed by atoms with Gasteiger partial charge in [-0.05, 0) is 37.3 Å². The van der Waals surface area contributed by atoms with E-state index in [4.69, 9.17) is 0 Å². The van der Waals surface area contributed by atoms with Crippen LogP contribution in [0.2, 0.25) is 0 Å². The quantitative estimate of drug-likeness (QED) is 0.633. The number of rotatable bonds is 5. The number of aromatic nitrogens is 2. The Morgan fingerprint density at radius 3 is 2.14 bits per heavy atom. The zero-order chi connectivity index (χ0) is 21.3. The van der Waals surface area contributed by atoms with Crippen molar-refractivity contribution in [1.82, 2.24) is 9.13 Å². The predicted molar refractivity (Wildman–Crippen MR) is 111 cm³/mol. The first-order chi connectivity index (χ1) is 13.6. The molecule has 2 aromatic carbocycles. The molecule has 0 aliphatic rings. The summed E-state index contributed by atoms with van der Waals surface area (Å²) in [4.78, 5) is 36.0. The molecule has 3 rings (SSSR count). The van der Waals surface area contributed by atoms with E-state index >= 15 is 0 Å². The van der Waals surface area contributed by atoms with E-state index in [0.717, 1.165) is 10.1 Å². The Labute approximate surface area is 167 Å². The van der Waals surface area contributed by atoms with Gasteiger partial charge < -0.3 is 14.5 Å². The van der Waals surface area contributed by atoms with Crippen LogP contribution in [-0.4, -0.2) is 29.2 Å². The van der Waals surface area contributed by atoms with Crippen LogP contribution in [0.4, 0.5) is 5.69 Å². The van der Waals surface area contributed by atoms with E-state index in [2.05, 4.69) is 5.32 Å². The second-order valence-corrected chi connectivity index (χ2v) is 8.97. The SMILES string of the molecule is Cc1ccc(NC(=O)CCS(=O)(=O)c2ccc3c(c2)n(C)c(=O)c(=O)n3C)cc1. The number of hydrogen-bond donors (Lipinski definition) is 1. The van der Waals surface area contributed by atoms with Crippen molar-refractivity contribution in [2.75, 3.05) is 11.1 Å². The fraction of sp³-hybridized carbons (Fsp3) is 0.250. The summed E-state index contributed by atoms with van der Waals surface area (Å²) in [5.74, 6) is -0.788. The smallest absolute Gasteiger partial charge is 0.316 e. The van der Waals surface area contributed by atoms with E-state index in [1.165, 1.54) is 36.9 Å². The summed E-state index contributed by atoms with van der Waals surface area (Å²) in [6, 6.07) is 11.4. The summed E-state index contributed by atoms with van der Waals surface area (Å²) in [6.07, 6.45) is -0.208. The van der Waals surface area contributed by atoms with Gasteiger partial charge in [0.25, 0.3) is 0 Å². The molecule has 0 saturated carbocycles. The molecule has 0 fully saturated rings. The fourth-order valence-corrected chi connectivity index (χ4v) is 4.22. The number of hydrogen-bond acceptors (Lipinski definition) is 5. The largest absolute Gasteiger partial charge is 0.326 e. The van der Waals surface area contributed by atoms with Crippen LogP contribution in [0.15, 0.2) is 56.9 Å². The Bertz CT molecular complexity index is 1320. The number of fused-ring (bicyclic) bond motifs is 1. The second-order valence-electron chi connectivity index (χ2n) is 6.86. The number of nitrogens with zero attached hydrogens (tertiary/aromatic N) is 2. The molecule has 0 spiro atoms. The monoisotopic (exact) mass is 415 g/mol. The molecule has 1 heterocycles. The number of aryl methyl sites for hydroxylation is 3. The van der Waals surface area contributed by atoms with Crippen molar-refractivity contribution in [3.63, 3.8) is 0 Å². The highest BCUT2D eigenvalue weighted by Crippen LogP contribution is 2.19. The maximum Gasteiger partial charge on any atom is 0.316 e. The standard InChI is InChI=1S/C20H21N3O5S/c1-13-4-6-14(7-5-13)21-18(24)10-11-29(27,28)15-8-9-16-17(12-15)23(3)20(26)19(25)22(16)2/h4-9,12H,10-11H2,1-3H3,(H,21,24). The maximum atomic E-state index is 12.7. The Morgan fingerprint density at radius 2 is 1.52 bits per heavy atom. The highest BCUT2D eigenvalue weighted by Gasteiger charge is 2.19. The number of anilines is 1. The van der Waals surface area contributed by atoms with Gasteiger partial charge in [-0.1, -0.05) is 17.7 Å². The first-order valence-corrected chi connectivity index (χ1v) is 10.5. The van der Waals surface area contributed by atoms with Crippen LogP contribution in [0.5, 0.6) is 0 Å². The maximum absolute atomic E-state index is 12.7. The molecule has 3 aromatic rings. The summed E-state index contributed by atoms with van der Waals surface area (Å²) in [5, 5.41) is 2.67. The van der Waals surface area contributed by atoms with Gasteiger partial charge in [0.2, 0.25) is 5.91 Å². The summed E-state index contributed by atoms with van der Waals surface area (Å²) in [7, 11) is -0.894. The number of carbonyl (C=O) groups is 1. The van der Waals surface area contributed by atoms with Gasteiger partial charge in [-0.15, -0.1) is 0 Å². The third kappa shape index (κ3) is 4.14. The molecule has 0 aliphatic heterocycles. The molecule has 0 aliphatic carbocycles. The van der Waals surface area contributed by atoms with Crippen LogP contribution in [0, 0.1) is 6.92 Å². The van der Waals surface area contributed by atoms with Gasteiger partial charge in [0.05, 0.1) is 21.7 Å². The van der Waals surface area contributed by atoms with E-state index < -0.39 is 26.9 Å². The fourth-order valence-electron chi connectivity index (χ4n) is 2.96. The predicted octanol–water partition coefficient (Wildman–Crippen LogP) is 1.35. The van der Waals surface area contributed by atoms with Crippen LogP contribution in [-0.2, 0) is 28.7 Å². The van der Waals surface area contributed by atoms with Crippen molar-refractivity contribution < 1.29 is 13.2 Å². The Hall–Kier alpha value is -3.20. The van der Waals surface area contributed by atoms with E-state index in [1.54, 1.807) is 12.1 Å². The Balaban J connectivity index is 1.83. The molecular weight excluding hydrogens is 394 g/mol. The number of sulfone groups is 1. The van der Waals surface area contributed by atoms with Crippen molar-refractivity contribution in [3.8, 4) is 0 Å². The molecule has 0 unspecified atom stereocenters. The van der Waals surface area contributed by atoms with Gasteiger partial charge >= 0.3 is 11.1 Å². The highest BCUT2D eigenvalue weighted by atomic mass is 32.2. The molecule has 8 nitrogen and oxygen atoms in total. The van der Waals surface area contributed by atoms with Crippen molar-refractivity contribution in [1.29, 1.82) is 0 Å². The van der Waals surface area contributed by atoms with Gasteiger partial charge in [0, 0.05) is 26.2 Å². The number of benzene rings is 2. The molecule has 0 atom stereocenters. The minimum atomic E-state index is -3.76. The van der Waals surface area contributed by atoms with Gasteiger partial charge in [0.15, 0.2) is 9.84 Å². The number of nitrogens with one attached hydrogen (secondary N) is 1. The van der Waals surface area contributed by atoms with Gasteiger partial charge in [-0.3, -0.25) is 14.4 Å². The van der Waals surface area contributed by atoms with Crippen molar-refractivity contribution >= 4 is 32.5 Å². The zero-order valence-electron chi connectivity index (χ0n) is 16.3. The molecule has 1 N–H and O–H groups in total. The number of amides is 1. The lowest BCUT2D eigenvalue weighted by Crippen LogP contribution is -2.39. The Kier molecular flexibility index (Phi) is 5.43. The minimum absolute atomic E-state index is 0.0122. The molecule has 0 saturated heterocycles. The average molecular weight is 415 g/mol. The normalized spacial score (nSPS) is 11.6. The van der Waals surface area contributed by atoms with Crippen LogP contribution in [0.25, 0.3) is 11.0 Å². The van der Waals surface area contributed by atoms with Gasteiger partial charge in [0.1, 0.15) is 0 Å². The lowest BCUT2D eigenvalue weighted by molar-refractivity contribution is -0.115. The van der Waals surface area contributed by atoms with Crippen LogP contribution >= 0.6 is 0 Å². The van der Waals surface area contributed by atoms with E-state index in [0.29, 0.717) is 16.7 Å². The topological polar surface area (TPSA) is 107 Å². The first kappa shape index (κ1) is 20.5. The lowest BCUT2D eigenvalue weighted by atomic mass is 10.2. The minimum Gasteiger partial charge on any atom is -0.326 e. The van der Waals surface area contributed by atoms with Crippen molar-refractivity contribution in [3.05, 3.63) is 68.7 Å². The molecule has 0 bridgehead atoms. The van der Waals surface area contributed by atoms with Crippen LogP contribution in [0.1, 0.15) is 12.0 Å².